The molecule has 1 amide bonds. The van der Waals surface area contributed by atoms with Crippen molar-refractivity contribution in [3.63, 3.8) is 0 Å². The average Bonchev–Trinajstić information content (AvgIpc) is 2.89. The molecule has 0 fully saturated rings. The van der Waals surface area contributed by atoms with Crippen LogP contribution in [0.25, 0.3) is 11.3 Å². The van der Waals surface area contributed by atoms with E-state index in [-0.39, 0.29) is 11.4 Å². The van der Waals surface area contributed by atoms with Crippen LogP contribution in [0.4, 0.5) is 0 Å². The summed E-state index contributed by atoms with van der Waals surface area (Å²) >= 11 is 10.6. The van der Waals surface area contributed by atoms with E-state index in [1.54, 1.807) is 23.1 Å². The summed E-state index contributed by atoms with van der Waals surface area (Å²) in [6.45, 7) is 5.90. The third-order valence-electron chi connectivity index (χ3n) is 2.95. The van der Waals surface area contributed by atoms with Gasteiger partial charge in [-0.2, -0.15) is 5.10 Å². The number of thiophene rings is 1. The number of carbonyl (C=O) groups excluding carboxylic acids is 1. The summed E-state index contributed by atoms with van der Waals surface area (Å²) in [5, 5.41) is 10.3. The van der Waals surface area contributed by atoms with Gasteiger partial charge in [0.1, 0.15) is 11.4 Å². The zero-order chi connectivity index (χ0) is 15.4. The fourth-order valence-corrected chi connectivity index (χ4v) is 6.22. The molecule has 2 aromatic rings. The maximum Gasteiger partial charge on any atom is 0.270 e. The second kappa shape index (κ2) is 5.40. The Bertz CT molecular complexity index is 731. The Hall–Kier alpha value is -0.310. The third kappa shape index (κ3) is 2.83. The number of hydrogen-bond acceptors (Lipinski definition) is 4. The first-order chi connectivity index (χ1) is 9.78. The van der Waals surface area contributed by atoms with Gasteiger partial charge in [0.2, 0.25) is 0 Å². The SMILES string of the molecule is CC(C)(C)NC(=O)c1[nH]nc2c1CSc1sc(Br)c(Br)c1-2. The maximum absolute atomic E-state index is 12.4. The minimum Gasteiger partial charge on any atom is -0.346 e. The molecule has 0 saturated carbocycles. The van der Waals surface area contributed by atoms with E-state index in [1.165, 1.54) is 4.21 Å². The van der Waals surface area contributed by atoms with Gasteiger partial charge in [0.25, 0.3) is 5.91 Å². The second-order valence-electron chi connectivity index (χ2n) is 5.77. The maximum atomic E-state index is 12.4. The number of nitrogens with one attached hydrogen (secondary N) is 2. The molecule has 2 N–H and O–H groups in total. The Balaban J connectivity index is 2.04. The molecular weight excluding hydrogens is 438 g/mol. The van der Waals surface area contributed by atoms with Crippen LogP contribution in [0.1, 0.15) is 36.8 Å². The molecule has 3 heterocycles. The zero-order valence-corrected chi connectivity index (χ0v) is 16.4. The molecule has 0 spiro atoms. The number of aromatic nitrogens is 2. The van der Waals surface area contributed by atoms with Crippen LogP contribution < -0.4 is 5.32 Å². The summed E-state index contributed by atoms with van der Waals surface area (Å²) < 4.78 is 3.28. The Kier molecular flexibility index (Phi) is 4.01. The van der Waals surface area contributed by atoms with E-state index in [9.17, 15) is 4.79 Å². The van der Waals surface area contributed by atoms with Crippen LogP contribution in [0.5, 0.6) is 0 Å². The van der Waals surface area contributed by atoms with Crippen molar-refractivity contribution in [1.82, 2.24) is 15.5 Å². The van der Waals surface area contributed by atoms with Gasteiger partial charge in [0.15, 0.2) is 0 Å². The highest BCUT2D eigenvalue weighted by Crippen LogP contribution is 2.52. The molecule has 0 aromatic carbocycles. The van der Waals surface area contributed by atoms with E-state index in [4.69, 9.17) is 0 Å². The van der Waals surface area contributed by atoms with Gasteiger partial charge in [0, 0.05) is 22.4 Å². The van der Waals surface area contributed by atoms with Crippen LogP contribution in [0.15, 0.2) is 12.5 Å². The number of rotatable bonds is 1. The van der Waals surface area contributed by atoms with Crippen molar-refractivity contribution in [2.45, 2.75) is 36.3 Å². The van der Waals surface area contributed by atoms with Crippen molar-refractivity contribution < 1.29 is 4.79 Å². The van der Waals surface area contributed by atoms with Gasteiger partial charge in [-0.15, -0.1) is 23.1 Å². The predicted molar refractivity (Wildman–Crippen MR) is 94.1 cm³/mol. The van der Waals surface area contributed by atoms with Crippen molar-refractivity contribution in [1.29, 1.82) is 0 Å². The van der Waals surface area contributed by atoms with E-state index >= 15 is 0 Å². The first-order valence-corrected chi connectivity index (χ1v) is 9.67. The number of halogens is 2. The van der Waals surface area contributed by atoms with Crippen molar-refractivity contribution in [2.75, 3.05) is 0 Å². The Morgan fingerprint density at radius 3 is 2.76 bits per heavy atom. The summed E-state index contributed by atoms with van der Waals surface area (Å²) in [5.41, 5.74) is 3.21. The van der Waals surface area contributed by atoms with Gasteiger partial charge in [-0.3, -0.25) is 9.89 Å². The van der Waals surface area contributed by atoms with Gasteiger partial charge in [-0.1, -0.05) is 0 Å². The molecule has 1 aliphatic heterocycles. The summed E-state index contributed by atoms with van der Waals surface area (Å²) in [6.07, 6.45) is 0. The summed E-state index contributed by atoms with van der Waals surface area (Å²) in [5.74, 6) is 0.649. The van der Waals surface area contributed by atoms with Crippen LogP contribution in [0.3, 0.4) is 0 Å². The van der Waals surface area contributed by atoms with Crippen LogP contribution in [-0.4, -0.2) is 21.6 Å². The molecule has 8 heteroatoms. The molecule has 4 nitrogen and oxygen atoms in total. The molecule has 1 aliphatic rings. The van der Waals surface area contributed by atoms with Crippen molar-refractivity contribution in [2.24, 2.45) is 0 Å². The minimum atomic E-state index is -0.270. The van der Waals surface area contributed by atoms with Crippen molar-refractivity contribution in [3.05, 3.63) is 19.5 Å². The molecule has 0 bridgehead atoms. The first kappa shape index (κ1) is 15.6. The molecule has 0 radical (unpaired) electrons. The number of aromatic amines is 1. The molecule has 0 saturated heterocycles. The van der Waals surface area contributed by atoms with Gasteiger partial charge in [-0.05, 0) is 52.6 Å². The monoisotopic (exact) mass is 449 g/mol. The molecule has 112 valence electrons. The first-order valence-electron chi connectivity index (χ1n) is 6.28. The Morgan fingerprint density at radius 2 is 2.10 bits per heavy atom. The van der Waals surface area contributed by atoms with Gasteiger partial charge in [-0.25, -0.2) is 0 Å². The third-order valence-corrected chi connectivity index (χ3v) is 7.69. The lowest BCUT2D eigenvalue weighted by Crippen LogP contribution is -2.41. The quantitative estimate of drug-likeness (QED) is 0.656. The normalized spacial score (nSPS) is 13.8. The number of thioether (sulfide) groups is 1. The Labute approximate surface area is 147 Å². The van der Waals surface area contributed by atoms with Crippen molar-refractivity contribution in [3.8, 4) is 11.3 Å². The van der Waals surface area contributed by atoms with E-state index in [1.807, 2.05) is 20.8 Å². The smallest absolute Gasteiger partial charge is 0.270 e. The van der Waals surface area contributed by atoms with Crippen LogP contribution >= 0.6 is 55.0 Å². The molecular formula is C13H13Br2N3OS2. The second-order valence-corrected chi connectivity index (χ2v) is 10.1. The lowest BCUT2D eigenvalue weighted by atomic mass is 10.1. The van der Waals surface area contributed by atoms with E-state index in [2.05, 4.69) is 47.4 Å². The largest absolute Gasteiger partial charge is 0.346 e. The number of hydrogen-bond donors (Lipinski definition) is 2. The fourth-order valence-electron chi connectivity index (χ4n) is 2.11. The van der Waals surface area contributed by atoms with Crippen LogP contribution in [0.2, 0.25) is 0 Å². The average molecular weight is 451 g/mol. The summed E-state index contributed by atoms with van der Waals surface area (Å²) in [6, 6.07) is 0. The highest BCUT2D eigenvalue weighted by molar-refractivity contribution is 9.13. The standard InChI is InChI=1S/C13H13Br2N3OS2/c1-13(2,3)16-11(19)9-5-4-20-12-6(8(5)17-18-9)7(14)10(15)21-12/h4H2,1-3H3,(H,16,19)(H,17,18). The summed E-state index contributed by atoms with van der Waals surface area (Å²) in [4.78, 5) is 12.4. The van der Waals surface area contributed by atoms with Gasteiger partial charge >= 0.3 is 0 Å². The van der Waals surface area contributed by atoms with Crippen molar-refractivity contribution >= 4 is 60.9 Å². The molecule has 2 aromatic heterocycles. The van der Waals surface area contributed by atoms with E-state index in [0.29, 0.717) is 5.69 Å². The van der Waals surface area contributed by atoms with Crippen LogP contribution in [0, 0.1) is 0 Å². The zero-order valence-electron chi connectivity index (χ0n) is 11.6. The van der Waals surface area contributed by atoms with Gasteiger partial charge in [0.05, 0.1) is 12.5 Å². The molecule has 0 unspecified atom stereocenters. The molecule has 21 heavy (non-hydrogen) atoms. The fraction of sp³-hybridized carbons (Fsp3) is 0.385. The van der Waals surface area contributed by atoms with E-state index in [0.717, 1.165) is 30.8 Å². The summed E-state index contributed by atoms with van der Waals surface area (Å²) in [7, 11) is 0. The number of H-pyrrole nitrogens is 1. The van der Waals surface area contributed by atoms with Crippen LogP contribution in [-0.2, 0) is 5.75 Å². The lowest BCUT2D eigenvalue weighted by molar-refractivity contribution is 0.0913. The lowest BCUT2D eigenvalue weighted by Gasteiger charge is -2.20. The molecule has 0 atom stereocenters. The number of amides is 1. The number of nitrogens with zero attached hydrogens (tertiary/aromatic N) is 1. The topological polar surface area (TPSA) is 57.8 Å². The Morgan fingerprint density at radius 1 is 1.38 bits per heavy atom. The molecule has 0 aliphatic carbocycles. The number of fused-ring (bicyclic) bond motifs is 3. The number of carbonyl (C=O) groups is 1. The van der Waals surface area contributed by atoms with E-state index < -0.39 is 0 Å². The predicted octanol–water partition coefficient (Wildman–Crippen LogP) is 4.80. The highest BCUT2D eigenvalue weighted by Gasteiger charge is 2.30. The highest BCUT2D eigenvalue weighted by atomic mass is 79.9. The van der Waals surface area contributed by atoms with Gasteiger partial charge < -0.3 is 5.32 Å². The minimum absolute atomic E-state index is 0.106. The molecule has 3 rings (SSSR count).